The molecule has 15 nitrogen and oxygen atoms in total. The third-order valence-corrected chi connectivity index (χ3v) is 13.2. The molecule has 15 heteroatoms. The van der Waals surface area contributed by atoms with E-state index >= 15 is 0 Å². The van der Waals surface area contributed by atoms with E-state index in [2.05, 4.69) is 21.3 Å². The molecular formula is C51H69N7O8. The zero-order valence-corrected chi connectivity index (χ0v) is 39.5. The number of unbranched alkanes of at least 4 members (excludes halogenated alkanes) is 1. The van der Waals surface area contributed by atoms with Crippen molar-refractivity contribution in [3.8, 4) is 0 Å². The maximum absolute atomic E-state index is 15.0. The van der Waals surface area contributed by atoms with Crippen LogP contribution < -0.4 is 21.3 Å². The minimum Gasteiger partial charge on any atom is -0.444 e. The minimum absolute atomic E-state index is 0.117. The molecule has 3 aliphatic heterocycles. The number of rotatable bonds is 11. The molecule has 3 fully saturated rings. The van der Waals surface area contributed by atoms with Crippen molar-refractivity contribution >= 4 is 52.3 Å². The first-order valence-electron chi connectivity index (χ1n) is 23.8. The highest BCUT2D eigenvalue weighted by Gasteiger charge is 2.44. The first-order chi connectivity index (χ1) is 31.5. The van der Waals surface area contributed by atoms with Gasteiger partial charge in [0, 0.05) is 39.5 Å². The van der Waals surface area contributed by atoms with Gasteiger partial charge in [0.05, 0.1) is 0 Å². The van der Waals surface area contributed by atoms with E-state index in [0.717, 1.165) is 21.9 Å². The van der Waals surface area contributed by atoms with Gasteiger partial charge in [-0.3, -0.25) is 28.8 Å². The van der Waals surface area contributed by atoms with Crippen molar-refractivity contribution < 1.29 is 38.3 Å². The Morgan fingerprint density at radius 2 is 1.35 bits per heavy atom. The van der Waals surface area contributed by atoms with Crippen molar-refractivity contribution in [2.24, 2.45) is 5.92 Å². The number of fused-ring (bicyclic) bond motifs is 3. The number of alkyl carbamates (subject to hydrolysis) is 1. The second kappa shape index (κ2) is 22.5. The number of amides is 7. The fourth-order valence-electron chi connectivity index (χ4n) is 9.29. The van der Waals surface area contributed by atoms with Crippen LogP contribution in [-0.2, 0) is 46.3 Å². The molecule has 3 heterocycles. The molecule has 0 aliphatic carbocycles. The van der Waals surface area contributed by atoms with Crippen LogP contribution in [0.25, 0.3) is 10.8 Å². The topological polar surface area (TPSA) is 187 Å². The first-order valence-corrected chi connectivity index (χ1v) is 23.8. The monoisotopic (exact) mass is 908 g/mol. The van der Waals surface area contributed by atoms with Crippen LogP contribution in [0.4, 0.5) is 4.79 Å². The molecule has 3 aromatic rings. The SMILES string of the molecule is CCC(C)[C@@H]1NC(=O)[C@@H](Cc2ccc3ccccc3c2)NC(=O)[C@@H]2CCCN2C(=O)[C@@H](Cc2ccccc2)N(C)C(=O)[C@H](CCCCNC(=O)OC(C)(C)C)NC(=O)[C@H]2CCCCN2C1=O. The number of likely N-dealkylation sites (N-methyl/N-ethyl adjacent to an activating group) is 1. The largest absolute Gasteiger partial charge is 0.444 e. The second-order valence-electron chi connectivity index (χ2n) is 19.2. The van der Waals surface area contributed by atoms with Gasteiger partial charge in [-0.25, -0.2) is 4.79 Å². The van der Waals surface area contributed by atoms with Crippen molar-refractivity contribution in [3.05, 3.63) is 83.9 Å². The summed E-state index contributed by atoms with van der Waals surface area (Å²) < 4.78 is 5.37. The van der Waals surface area contributed by atoms with Gasteiger partial charge >= 0.3 is 6.09 Å². The second-order valence-corrected chi connectivity index (χ2v) is 19.2. The molecular weight excluding hydrogens is 839 g/mol. The molecule has 6 rings (SSSR count). The highest BCUT2D eigenvalue weighted by Crippen LogP contribution is 2.26. The molecule has 0 bridgehead atoms. The summed E-state index contributed by atoms with van der Waals surface area (Å²) in [6, 6.07) is 16.9. The number of ether oxygens (including phenoxy) is 1. The molecule has 4 N–H and O–H groups in total. The molecule has 0 spiro atoms. The van der Waals surface area contributed by atoms with E-state index in [0.29, 0.717) is 51.4 Å². The number of nitrogens with one attached hydrogen (secondary N) is 4. The van der Waals surface area contributed by atoms with E-state index < -0.39 is 83.4 Å². The van der Waals surface area contributed by atoms with Gasteiger partial charge in [-0.1, -0.05) is 93.1 Å². The molecule has 7 atom stereocenters. The lowest BCUT2D eigenvalue weighted by atomic mass is 9.93. The third-order valence-electron chi connectivity index (χ3n) is 13.2. The highest BCUT2D eigenvalue weighted by atomic mass is 16.6. The van der Waals surface area contributed by atoms with Crippen LogP contribution >= 0.6 is 0 Å². The van der Waals surface area contributed by atoms with E-state index in [1.165, 1.54) is 14.7 Å². The molecule has 7 amide bonds. The van der Waals surface area contributed by atoms with Crippen LogP contribution in [-0.4, -0.2) is 125 Å². The summed E-state index contributed by atoms with van der Waals surface area (Å²) in [5.74, 6) is -3.19. The summed E-state index contributed by atoms with van der Waals surface area (Å²) in [5.41, 5.74) is 0.924. The van der Waals surface area contributed by atoms with Gasteiger partial charge in [0.15, 0.2) is 0 Å². The van der Waals surface area contributed by atoms with Gasteiger partial charge in [-0.15, -0.1) is 0 Å². The predicted octanol–water partition coefficient (Wildman–Crippen LogP) is 5.03. The molecule has 1 unspecified atom stereocenters. The Balaban J connectivity index is 1.37. The maximum Gasteiger partial charge on any atom is 0.407 e. The Hall–Kier alpha value is -5.99. The third kappa shape index (κ3) is 12.7. The fraction of sp³-hybridized carbons (Fsp3) is 0.549. The summed E-state index contributed by atoms with van der Waals surface area (Å²) in [6.45, 7) is 9.93. The van der Waals surface area contributed by atoms with Gasteiger partial charge in [0.2, 0.25) is 35.4 Å². The minimum atomic E-state index is -1.11. The lowest BCUT2D eigenvalue weighted by Gasteiger charge is -2.40. The van der Waals surface area contributed by atoms with E-state index in [-0.39, 0.29) is 44.8 Å². The van der Waals surface area contributed by atoms with Crippen molar-refractivity contribution in [2.45, 2.75) is 147 Å². The van der Waals surface area contributed by atoms with Gasteiger partial charge in [-0.2, -0.15) is 0 Å². The predicted molar refractivity (Wildman–Crippen MR) is 252 cm³/mol. The van der Waals surface area contributed by atoms with Crippen LogP contribution in [0.15, 0.2) is 72.8 Å². The number of hydrogen-bond donors (Lipinski definition) is 4. The fourth-order valence-corrected chi connectivity index (χ4v) is 9.29. The Kier molecular flexibility index (Phi) is 16.8. The van der Waals surface area contributed by atoms with E-state index in [4.69, 9.17) is 4.74 Å². The Bertz CT molecular complexity index is 2210. The van der Waals surface area contributed by atoms with Gasteiger partial charge in [0.1, 0.15) is 41.9 Å². The number of nitrogens with zero attached hydrogens (tertiary/aromatic N) is 3. The molecule has 3 aliphatic rings. The van der Waals surface area contributed by atoms with Crippen molar-refractivity contribution in [3.63, 3.8) is 0 Å². The zero-order chi connectivity index (χ0) is 47.5. The summed E-state index contributed by atoms with van der Waals surface area (Å²) in [5, 5.41) is 13.8. The summed E-state index contributed by atoms with van der Waals surface area (Å²) in [7, 11) is 1.55. The van der Waals surface area contributed by atoms with Gasteiger partial charge in [-0.05, 0) is 100.0 Å². The lowest BCUT2D eigenvalue weighted by molar-refractivity contribution is -0.150. The summed E-state index contributed by atoms with van der Waals surface area (Å²) >= 11 is 0. The maximum atomic E-state index is 15.0. The number of carbonyl (C=O) groups excluding carboxylic acids is 7. The van der Waals surface area contributed by atoms with Crippen LogP contribution in [0.3, 0.4) is 0 Å². The quantitative estimate of drug-likeness (QED) is 0.193. The van der Waals surface area contributed by atoms with Gasteiger partial charge < -0.3 is 40.7 Å². The van der Waals surface area contributed by atoms with E-state index in [1.54, 1.807) is 27.8 Å². The smallest absolute Gasteiger partial charge is 0.407 e. The molecule has 0 saturated carbocycles. The van der Waals surface area contributed by atoms with E-state index in [1.807, 2.05) is 86.6 Å². The first kappa shape index (κ1) is 49.4. The number of piperidine rings is 1. The van der Waals surface area contributed by atoms with Crippen molar-refractivity contribution in [2.75, 3.05) is 26.7 Å². The molecule has 356 valence electrons. The normalized spacial score (nSPS) is 24.4. The average Bonchev–Trinajstić information content (AvgIpc) is 3.80. The Morgan fingerprint density at radius 3 is 2.05 bits per heavy atom. The number of hydrogen-bond acceptors (Lipinski definition) is 8. The molecule has 0 aromatic heterocycles. The molecule has 66 heavy (non-hydrogen) atoms. The zero-order valence-electron chi connectivity index (χ0n) is 39.5. The highest BCUT2D eigenvalue weighted by molar-refractivity contribution is 5.99. The van der Waals surface area contributed by atoms with Crippen molar-refractivity contribution in [1.82, 2.24) is 36.0 Å². The summed E-state index contributed by atoms with van der Waals surface area (Å²) in [6.07, 6.45) is 3.83. The van der Waals surface area contributed by atoms with Crippen LogP contribution in [0, 0.1) is 5.92 Å². The van der Waals surface area contributed by atoms with Crippen LogP contribution in [0.5, 0.6) is 0 Å². The Labute approximate surface area is 389 Å². The summed E-state index contributed by atoms with van der Waals surface area (Å²) in [4.78, 5) is 105. The molecule has 3 aromatic carbocycles. The van der Waals surface area contributed by atoms with E-state index in [9.17, 15) is 33.6 Å². The molecule has 0 radical (unpaired) electrons. The van der Waals surface area contributed by atoms with Gasteiger partial charge in [0.25, 0.3) is 0 Å². The molecule has 3 saturated heterocycles. The van der Waals surface area contributed by atoms with Crippen molar-refractivity contribution in [1.29, 1.82) is 0 Å². The number of carbonyl (C=O) groups is 7. The van der Waals surface area contributed by atoms with Crippen LogP contribution in [0.1, 0.15) is 104 Å². The number of benzene rings is 3. The standard InChI is InChI=1S/C51H69N7O8/c1-7-33(2)43-49(64)58-28-16-14-23-40(58)45(60)53-38(22-13-15-27-52-50(65)66-51(3,4)5)47(62)56(6)42(32-34-18-9-8-10-19-34)48(63)57-29-17-24-41(57)46(61)54-39(44(59)55-43)31-35-25-26-36-20-11-12-21-37(36)30-35/h8-12,18-21,25-26,30,33,38-43H,7,13-17,22-24,27-29,31-32H2,1-6H3,(H,52,65)(H,53,60)(H,54,61)(H,55,59)/t33?,38-,39+,40+,41-,42+,43-/m0/s1. The average molecular weight is 908 g/mol. The van der Waals surface area contributed by atoms with Crippen LogP contribution in [0.2, 0.25) is 0 Å². The lowest BCUT2D eigenvalue weighted by Crippen LogP contribution is -2.63. The Morgan fingerprint density at radius 1 is 0.712 bits per heavy atom.